The molecule has 0 radical (unpaired) electrons. The normalized spacial score (nSPS) is 15.1. The Hall–Kier alpha value is -1.36. The highest BCUT2D eigenvalue weighted by molar-refractivity contribution is 5.45. The van der Waals surface area contributed by atoms with Crippen LogP contribution >= 0.6 is 0 Å². The fourth-order valence-corrected chi connectivity index (χ4v) is 1.62. The second kappa shape index (κ2) is 5.52. The van der Waals surface area contributed by atoms with E-state index in [4.69, 9.17) is 15.2 Å². The first-order valence-corrected chi connectivity index (χ1v) is 6.46. The number of ether oxygens (including phenoxy) is 2. The fourth-order valence-electron chi connectivity index (χ4n) is 1.62. The third kappa shape index (κ3) is 3.32. The predicted octanol–water partition coefficient (Wildman–Crippen LogP) is 2.05. The van der Waals surface area contributed by atoms with Crippen LogP contribution in [0.5, 0.6) is 5.88 Å². The zero-order chi connectivity index (χ0) is 13.1. The lowest BCUT2D eigenvalue weighted by atomic mass is 10.3. The van der Waals surface area contributed by atoms with Crippen molar-refractivity contribution < 1.29 is 9.47 Å². The summed E-state index contributed by atoms with van der Waals surface area (Å²) in [5.74, 6) is 2.41. The van der Waals surface area contributed by atoms with Crippen molar-refractivity contribution in [2.75, 3.05) is 18.9 Å². The molecule has 0 bridgehead atoms. The smallest absolute Gasteiger partial charge is 0.221 e. The number of aromatic nitrogens is 2. The molecule has 0 aliphatic heterocycles. The van der Waals surface area contributed by atoms with Crippen LogP contribution in [0.3, 0.4) is 0 Å². The van der Waals surface area contributed by atoms with Gasteiger partial charge in [-0.05, 0) is 33.6 Å². The van der Waals surface area contributed by atoms with E-state index in [9.17, 15) is 0 Å². The van der Waals surface area contributed by atoms with Gasteiger partial charge in [0.15, 0.2) is 0 Å². The first-order valence-electron chi connectivity index (χ1n) is 6.46. The Bertz CT molecular complexity index is 417. The molecule has 0 saturated heterocycles. The molecule has 1 aliphatic rings. The third-order valence-corrected chi connectivity index (χ3v) is 2.87. The highest BCUT2D eigenvalue weighted by Crippen LogP contribution is 2.39. The van der Waals surface area contributed by atoms with E-state index < -0.39 is 0 Å². The maximum atomic E-state index is 5.88. The maximum absolute atomic E-state index is 5.88. The number of rotatable bonds is 6. The molecule has 1 heterocycles. The fraction of sp³-hybridized carbons (Fsp3) is 0.692. The van der Waals surface area contributed by atoms with Gasteiger partial charge in [-0.3, -0.25) is 0 Å². The predicted molar refractivity (Wildman–Crippen MR) is 69.7 cm³/mol. The van der Waals surface area contributed by atoms with E-state index in [1.807, 2.05) is 20.8 Å². The van der Waals surface area contributed by atoms with Crippen LogP contribution in [0.15, 0.2) is 0 Å². The standard InChI is InChI=1S/C13H21N3O2/c1-8(2)17-6-7-18-13-9(3)11(14)15-12(16-13)10-4-5-10/h8,10H,4-7H2,1-3H3,(H2,14,15,16). The lowest BCUT2D eigenvalue weighted by Gasteiger charge is -2.12. The molecule has 1 aromatic rings. The van der Waals surface area contributed by atoms with E-state index in [0.717, 1.165) is 24.2 Å². The second-order valence-electron chi connectivity index (χ2n) is 4.94. The second-order valence-corrected chi connectivity index (χ2v) is 4.94. The molecule has 0 amide bonds. The van der Waals surface area contributed by atoms with Crippen LogP contribution in [0.2, 0.25) is 0 Å². The Balaban J connectivity index is 1.97. The first-order chi connectivity index (χ1) is 8.58. The quantitative estimate of drug-likeness (QED) is 0.783. The molecule has 5 heteroatoms. The maximum Gasteiger partial charge on any atom is 0.221 e. The largest absolute Gasteiger partial charge is 0.475 e. The van der Waals surface area contributed by atoms with Gasteiger partial charge in [0.2, 0.25) is 5.88 Å². The van der Waals surface area contributed by atoms with Gasteiger partial charge in [-0.2, -0.15) is 4.98 Å². The van der Waals surface area contributed by atoms with Gasteiger partial charge >= 0.3 is 0 Å². The number of anilines is 1. The molecule has 0 aromatic carbocycles. The van der Waals surface area contributed by atoms with Crippen LogP contribution in [0.25, 0.3) is 0 Å². The zero-order valence-electron chi connectivity index (χ0n) is 11.3. The Kier molecular flexibility index (Phi) is 4.01. The van der Waals surface area contributed by atoms with E-state index in [1.54, 1.807) is 0 Å². The van der Waals surface area contributed by atoms with Crippen molar-refractivity contribution in [2.24, 2.45) is 0 Å². The number of nitrogens with zero attached hydrogens (tertiary/aromatic N) is 2. The van der Waals surface area contributed by atoms with E-state index in [-0.39, 0.29) is 6.10 Å². The highest BCUT2D eigenvalue weighted by Gasteiger charge is 2.28. The summed E-state index contributed by atoms with van der Waals surface area (Å²) >= 11 is 0. The van der Waals surface area contributed by atoms with Gasteiger partial charge in [0.25, 0.3) is 0 Å². The lowest BCUT2D eigenvalue weighted by molar-refractivity contribution is 0.0540. The van der Waals surface area contributed by atoms with Crippen molar-refractivity contribution in [2.45, 2.75) is 45.6 Å². The summed E-state index contributed by atoms with van der Waals surface area (Å²) in [6, 6.07) is 0. The van der Waals surface area contributed by atoms with Gasteiger partial charge in [0.1, 0.15) is 18.2 Å². The van der Waals surface area contributed by atoms with Crippen LogP contribution in [-0.2, 0) is 4.74 Å². The van der Waals surface area contributed by atoms with Crippen LogP contribution in [0.1, 0.15) is 44.0 Å². The van der Waals surface area contributed by atoms with Gasteiger partial charge in [-0.15, -0.1) is 0 Å². The van der Waals surface area contributed by atoms with Gasteiger partial charge < -0.3 is 15.2 Å². The SMILES string of the molecule is Cc1c(N)nc(C2CC2)nc1OCCOC(C)C. The molecule has 2 N–H and O–H groups in total. The zero-order valence-corrected chi connectivity index (χ0v) is 11.3. The summed E-state index contributed by atoms with van der Waals surface area (Å²) in [7, 11) is 0. The number of nitrogens with two attached hydrogens (primary N) is 1. The molecule has 0 unspecified atom stereocenters. The average molecular weight is 251 g/mol. The van der Waals surface area contributed by atoms with E-state index >= 15 is 0 Å². The number of nitrogen functional groups attached to an aromatic ring is 1. The van der Waals surface area contributed by atoms with Crippen molar-refractivity contribution in [1.82, 2.24) is 9.97 Å². The Morgan fingerprint density at radius 2 is 2.00 bits per heavy atom. The molecule has 1 fully saturated rings. The monoisotopic (exact) mass is 251 g/mol. The van der Waals surface area contributed by atoms with Crippen LogP contribution < -0.4 is 10.5 Å². The highest BCUT2D eigenvalue weighted by atomic mass is 16.5. The molecule has 5 nitrogen and oxygen atoms in total. The molecular formula is C13H21N3O2. The van der Waals surface area contributed by atoms with Crippen molar-refractivity contribution in [3.8, 4) is 5.88 Å². The number of hydrogen-bond acceptors (Lipinski definition) is 5. The molecule has 2 rings (SSSR count). The molecule has 1 saturated carbocycles. The van der Waals surface area contributed by atoms with Crippen LogP contribution in [-0.4, -0.2) is 29.3 Å². The average Bonchev–Trinajstić information content (AvgIpc) is 3.13. The van der Waals surface area contributed by atoms with Crippen molar-refractivity contribution in [3.05, 3.63) is 11.4 Å². The van der Waals surface area contributed by atoms with Gasteiger partial charge in [-0.25, -0.2) is 4.98 Å². The Morgan fingerprint density at radius 3 is 2.61 bits per heavy atom. The Labute approximate surface area is 108 Å². The topological polar surface area (TPSA) is 70.3 Å². The Morgan fingerprint density at radius 1 is 1.28 bits per heavy atom. The molecule has 0 spiro atoms. The van der Waals surface area contributed by atoms with Gasteiger partial charge in [0, 0.05) is 5.92 Å². The minimum atomic E-state index is 0.215. The van der Waals surface area contributed by atoms with Gasteiger partial charge in [0.05, 0.1) is 18.3 Å². The summed E-state index contributed by atoms with van der Waals surface area (Å²) in [5.41, 5.74) is 6.69. The lowest BCUT2D eigenvalue weighted by Crippen LogP contribution is -2.13. The molecular weight excluding hydrogens is 230 g/mol. The minimum absolute atomic E-state index is 0.215. The molecule has 1 aliphatic carbocycles. The molecule has 100 valence electrons. The van der Waals surface area contributed by atoms with Gasteiger partial charge in [-0.1, -0.05) is 0 Å². The van der Waals surface area contributed by atoms with Crippen molar-refractivity contribution in [1.29, 1.82) is 0 Å². The molecule has 0 atom stereocenters. The summed E-state index contributed by atoms with van der Waals surface area (Å²) in [5, 5.41) is 0. The van der Waals surface area contributed by atoms with Crippen LogP contribution in [0.4, 0.5) is 5.82 Å². The summed E-state index contributed by atoms with van der Waals surface area (Å²) in [6.45, 7) is 6.92. The summed E-state index contributed by atoms with van der Waals surface area (Å²) in [4.78, 5) is 8.75. The van der Waals surface area contributed by atoms with E-state index in [2.05, 4.69) is 9.97 Å². The van der Waals surface area contributed by atoms with Crippen molar-refractivity contribution >= 4 is 5.82 Å². The minimum Gasteiger partial charge on any atom is -0.475 e. The summed E-state index contributed by atoms with van der Waals surface area (Å²) in [6.07, 6.45) is 2.52. The molecule has 1 aromatic heterocycles. The third-order valence-electron chi connectivity index (χ3n) is 2.87. The summed E-state index contributed by atoms with van der Waals surface area (Å²) < 4.78 is 11.1. The van der Waals surface area contributed by atoms with E-state index in [1.165, 1.54) is 0 Å². The van der Waals surface area contributed by atoms with E-state index in [0.29, 0.717) is 30.8 Å². The van der Waals surface area contributed by atoms with Crippen molar-refractivity contribution in [3.63, 3.8) is 0 Å². The first kappa shape index (κ1) is 13.1. The van der Waals surface area contributed by atoms with Crippen LogP contribution in [0, 0.1) is 6.92 Å². The number of hydrogen-bond donors (Lipinski definition) is 1. The molecule has 18 heavy (non-hydrogen) atoms.